The second-order valence-corrected chi connectivity index (χ2v) is 7.26. The molecule has 0 spiro atoms. The van der Waals surface area contributed by atoms with E-state index in [1.54, 1.807) is 0 Å². The Morgan fingerprint density at radius 3 is 2.67 bits per heavy atom. The number of aromatic nitrogens is 1. The van der Waals surface area contributed by atoms with Gasteiger partial charge in [-0.15, -0.1) is 0 Å². The van der Waals surface area contributed by atoms with E-state index >= 15 is 0 Å². The second-order valence-electron chi connectivity index (χ2n) is 4.99. The van der Waals surface area contributed by atoms with E-state index in [1.807, 2.05) is 30.3 Å². The van der Waals surface area contributed by atoms with Crippen molar-refractivity contribution in [1.29, 1.82) is 0 Å². The molecule has 4 nitrogen and oxygen atoms in total. The van der Waals surface area contributed by atoms with Gasteiger partial charge in [-0.25, -0.2) is 8.42 Å². The highest BCUT2D eigenvalue weighted by Gasteiger charge is 2.37. The SMILES string of the molecule is O=S(=O)(c1cnccc1Cl)N1CCCC1c1ccccc1. The van der Waals surface area contributed by atoms with Gasteiger partial charge in [-0.05, 0) is 24.5 Å². The number of rotatable bonds is 3. The van der Waals surface area contributed by atoms with Crippen LogP contribution in [0.15, 0.2) is 53.7 Å². The van der Waals surface area contributed by atoms with Crippen LogP contribution in [0, 0.1) is 0 Å². The van der Waals surface area contributed by atoms with Crippen LogP contribution in [0.4, 0.5) is 0 Å². The van der Waals surface area contributed by atoms with Crippen LogP contribution in [0.1, 0.15) is 24.4 Å². The largest absolute Gasteiger partial charge is 0.263 e. The molecular formula is C15H15ClN2O2S. The lowest BCUT2D eigenvalue weighted by Gasteiger charge is -2.24. The zero-order valence-electron chi connectivity index (χ0n) is 11.3. The highest BCUT2D eigenvalue weighted by Crippen LogP contribution is 2.37. The number of nitrogens with zero attached hydrogens (tertiary/aromatic N) is 2. The fourth-order valence-corrected chi connectivity index (χ4v) is 4.81. The molecule has 6 heteroatoms. The van der Waals surface area contributed by atoms with Crippen molar-refractivity contribution < 1.29 is 8.42 Å². The number of hydrogen-bond acceptors (Lipinski definition) is 3. The maximum absolute atomic E-state index is 12.8. The Labute approximate surface area is 129 Å². The van der Waals surface area contributed by atoms with Crippen LogP contribution in [-0.2, 0) is 10.0 Å². The maximum Gasteiger partial charge on any atom is 0.246 e. The van der Waals surface area contributed by atoms with Crippen molar-refractivity contribution in [2.24, 2.45) is 0 Å². The fraction of sp³-hybridized carbons (Fsp3) is 0.267. The molecule has 1 saturated heterocycles. The van der Waals surface area contributed by atoms with E-state index in [4.69, 9.17) is 11.6 Å². The van der Waals surface area contributed by atoms with E-state index in [1.165, 1.54) is 22.8 Å². The van der Waals surface area contributed by atoms with Crippen LogP contribution >= 0.6 is 11.6 Å². The van der Waals surface area contributed by atoms with Gasteiger partial charge < -0.3 is 0 Å². The molecule has 1 aliphatic rings. The Hall–Kier alpha value is -1.43. The summed E-state index contributed by atoms with van der Waals surface area (Å²) in [6.07, 6.45) is 4.47. The summed E-state index contributed by atoms with van der Waals surface area (Å²) in [6.45, 7) is 0.507. The van der Waals surface area contributed by atoms with Gasteiger partial charge in [0.25, 0.3) is 0 Å². The molecule has 1 atom stereocenters. The first-order valence-electron chi connectivity index (χ1n) is 6.77. The number of pyridine rings is 1. The van der Waals surface area contributed by atoms with Crippen LogP contribution in [0.3, 0.4) is 0 Å². The van der Waals surface area contributed by atoms with Gasteiger partial charge in [0.15, 0.2) is 0 Å². The standard InChI is InChI=1S/C15H15ClN2O2S/c16-13-8-9-17-11-15(13)21(19,20)18-10-4-7-14(18)12-5-2-1-3-6-12/h1-3,5-6,8-9,11,14H,4,7,10H2. The summed E-state index contributed by atoms with van der Waals surface area (Å²) in [4.78, 5) is 3.97. The quantitative estimate of drug-likeness (QED) is 0.871. The smallest absolute Gasteiger partial charge is 0.246 e. The number of benzene rings is 1. The Bertz CT molecular complexity index is 734. The van der Waals surface area contributed by atoms with E-state index in [0.717, 1.165) is 18.4 Å². The predicted molar refractivity (Wildman–Crippen MR) is 81.6 cm³/mol. The average molecular weight is 323 g/mol. The van der Waals surface area contributed by atoms with E-state index in [2.05, 4.69) is 4.98 Å². The molecule has 1 fully saturated rings. The molecule has 1 aromatic carbocycles. The molecule has 0 amide bonds. The topological polar surface area (TPSA) is 50.3 Å². The highest BCUT2D eigenvalue weighted by molar-refractivity contribution is 7.89. The molecule has 2 aromatic rings. The third-order valence-corrected chi connectivity index (χ3v) is 6.09. The minimum absolute atomic E-state index is 0.0782. The van der Waals surface area contributed by atoms with Crippen molar-refractivity contribution in [3.63, 3.8) is 0 Å². The van der Waals surface area contributed by atoms with E-state index in [9.17, 15) is 8.42 Å². The van der Waals surface area contributed by atoms with Crippen LogP contribution < -0.4 is 0 Å². The third-order valence-electron chi connectivity index (χ3n) is 3.71. The fourth-order valence-electron chi connectivity index (χ4n) is 2.72. The summed E-state index contributed by atoms with van der Waals surface area (Å²) in [5, 5.41) is 0.212. The molecule has 0 radical (unpaired) electrons. The van der Waals surface area contributed by atoms with Crippen molar-refractivity contribution in [2.75, 3.05) is 6.54 Å². The predicted octanol–water partition coefficient (Wildman–Crippen LogP) is 3.26. The molecule has 3 rings (SSSR count). The van der Waals surface area contributed by atoms with Gasteiger partial charge >= 0.3 is 0 Å². The summed E-state index contributed by atoms with van der Waals surface area (Å²) >= 11 is 6.04. The van der Waals surface area contributed by atoms with Crippen LogP contribution in [0.25, 0.3) is 0 Å². The van der Waals surface area contributed by atoms with Gasteiger partial charge in [0.2, 0.25) is 10.0 Å². The zero-order valence-corrected chi connectivity index (χ0v) is 12.9. The molecular weight excluding hydrogens is 308 g/mol. The Kier molecular flexibility index (Phi) is 3.97. The number of hydrogen-bond donors (Lipinski definition) is 0. The lowest BCUT2D eigenvalue weighted by Crippen LogP contribution is -2.31. The Morgan fingerprint density at radius 2 is 1.95 bits per heavy atom. The number of sulfonamides is 1. The Balaban J connectivity index is 2.01. The van der Waals surface area contributed by atoms with Gasteiger partial charge in [0.1, 0.15) is 4.90 Å². The minimum atomic E-state index is -3.63. The van der Waals surface area contributed by atoms with Crippen molar-refractivity contribution in [3.8, 4) is 0 Å². The third kappa shape index (κ3) is 2.69. The Morgan fingerprint density at radius 1 is 1.19 bits per heavy atom. The minimum Gasteiger partial charge on any atom is -0.263 e. The van der Waals surface area contributed by atoms with Gasteiger partial charge in [0.05, 0.1) is 11.1 Å². The monoisotopic (exact) mass is 322 g/mol. The molecule has 110 valence electrons. The molecule has 0 aliphatic carbocycles. The highest BCUT2D eigenvalue weighted by atomic mass is 35.5. The second kappa shape index (κ2) is 5.75. The first-order valence-corrected chi connectivity index (χ1v) is 8.59. The van der Waals surface area contributed by atoms with Crippen molar-refractivity contribution in [3.05, 3.63) is 59.4 Å². The molecule has 1 aromatic heterocycles. The lowest BCUT2D eigenvalue weighted by molar-refractivity contribution is 0.396. The summed E-state index contributed by atoms with van der Waals surface area (Å²) in [5.74, 6) is 0. The molecule has 1 aliphatic heterocycles. The van der Waals surface area contributed by atoms with Gasteiger partial charge in [0, 0.05) is 18.9 Å². The first kappa shape index (κ1) is 14.5. The molecule has 2 heterocycles. The summed E-state index contributed by atoms with van der Waals surface area (Å²) in [5.41, 5.74) is 1.01. The average Bonchev–Trinajstić information content (AvgIpc) is 2.99. The van der Waals surface area contributed by atoms with Crippen molar-refractivity contribution in [1.82, 2.24) is 9.29 Å². The molecule has 0 N–H and O–H groups in total. The van der Waals surface area contributed by atoms with Crippen LogP contribution in [-0.4, -0.2) is 24.3 Å². The lowest BCUT2D eigenvalue weighted by atomic mass is 10.1. The van der Waals surface area contributed by atoms with Gasteiger partial charge in [-0.2, -0.15) is 4.31 Å². The molecule has 1 unspecified atom stereocenters. The number of halogens is 1. The summed E-state index contributed by atoms with van der Waals surface area (Å²) < 4.78 is 27.2. The summed E-state index contributed by atoms with van der Waals surface area (Å²) in [7, 11) is -3.63. The van der Waals surface area contributed by atoms with Gasteiger partial charge in [-0.3, -0.25) is 4.98 Å². The van der Waals surface area contributed by atoms with E-state index in [0.29, 0.717) is 6.54 Å². The molecule has 21 heavy (non-hydrogen) atoms. The zero-order chi connectivity index (χ0) is 14.9. The first-order chi connectivity index (χ1) is 10.1. The normalized spacial score (nSPS) is 19.8. The molecule has 0 bridgehead atoms. The van der Waals surface area contributed by atoms with Crippen LogP contribution in [0.5, 0.6) is 0 Å². The summed E-state index contributed by atoms with van der Waals surface area (Å²) in [6, 6.07) is 11.1. The molecule has 0 saturated carbocycles. The van der Waals surface area contributed by atoms with E-state index < -0.39 is 10.0 Å². The van der Waals surface area contributed by atoms with Crippen molar-refractivity contribution >= 4 is 21.6 Å². The van der Waals surface area contributed by atoms with Crippen LogP contribution in [0.2, 0.25) is 5.02 Å². The van der Waals surface area contributed by atoms with E-state index in [-0.39, 0.29) is 16.0 Å². The van der Waals surface area contributed by atoms with Crippen molar-refractivity contribution in [2.45, 2.75) is 23.8 Å². The maximum atomic E-state index is 12.8. The van der Waals surface area contributed by atoms with Gasteiger partial charge in [-0.1, -0.05) is 41.9 Å².